The summed E-state index contributed by atoms with van der Waals surface area (Å²) >= 11 is 0. The van der Waals surface area contributed by atoms with E-state index in [4.69, 9.17) is 0 Å². The molecule has 1 N–H and O–H groups in total. The molecule has 0 heterocycles. The van der Waals surface area contributed by atoms with Gasteiger partial charge in [0.15, 0.2) is 0 Å². The molecule has 0 radical (unpaired) electrons. The quantitative estimate of drug-likeness (QED) is 0.500. The van der Waals surface area contributed by atoms with Gasteiger partial charge in [-0.15, -0.1) is 13.2 Å². The second-order valence-electron chi connectivity index (χ2n) is 7.64. The van der Waals surface area contributed by atoms with Crippen LogP contribution in [0.1, 0.15) is 49.3 Å². The number of benzene rings is 2. The second-order valence-corrected chi connectivity index (χ2v) is 9.35. The molecule has 32 heavy (non-hydrogen) atoms. The highest BCUT2D eigenvalue weighted by atomic mass is 32.2. The Labute approximate surface area is 181 Å². The van der Waals surface area contributed by atoms with Crippen molar-refractivity contribution in [1.29, 1.82) is 0 Å². The molecule has 1 unspecified atom stereocenters. The van der Waals surface area contributed by atoms with Crippen LogP contribution < -0.4 is 9.46 Å². The van der Waals surface area contributed by atoms with E-state index in [9.17, 15) is 34.8 Å². The zero-order valence-electron chi connectivity index (χ0n) is 16.7. The van der Waals surface area contributed by atoms with Crippen molar-refractivity contribution in [2.45, 2.75) is 55.6 Å². The van der Waals surface area contributed by atoms with Crippen molar-refractivity contribution < 1.29 is 39.5 Å². The number of rotatable bonds is 6. The summed E-state index contributed by atoms with van der Waals surface area (Å²) in [7, 11) is -4.23. The third kappa shape index (κ3) is 6.38. The highest BCUT2D eigenvalue weighted by molar-refractivity contribution is 7.89. The summed E-state index contributed by atoms with van der Waals surface area (Å²) in [6, 6.07) is 7.24. The third-order valence-electron chi connectivity index (χ3n) is 5.34. The molecule has 0 aliphatic heterocycles. The van der Waals surface area contributed by atoms with Gasteiger partial charge in [-0.2, -0.15) is 13.2 Å². The molecule has 0 bridgehead atoms. The highest BCUT2D eigenvalue weighted by Gasteiger charge is 2.34. The molecule has 176 valence electrons. The standard InChI is InChI=1S/C21H21F6NO3S/c22-20(23,24)16-8-4-7-15(13-16)19(14-5-2-1-3-6-14)28-32(29,30)18-11-9-17(10-12-18)31-21(25,26)27/h4,7-14,19,28H,1-3,5-6H2. The van der Waals surface area contributed by atoms with Gasteiger partial charge in [0, 0.05) is 6.04 Å². The van der Waals surface area contributed by atoms with Crippen molar-refractivity contribution >= 4 is 10.0 Å². The normalized spacial score (nSPS) is 17.2. The number of nitrogens with one attached hydrogen (secondary N) is 1. The lowest BCUT2D eigenvalue weighted by Gasteiger charge is -2.31. The van der Waals surface area contributed by atoms with Gasteiger partial charge in [0.1, 0.15) is 5.75 Å². The Morgan fingerprint density at radius 2 is 1.53 bits per heavy atom. The summed E-state index contributed by atoms with van der Waals surface area (Å²) in [6.45, 7) is 0. The minimum atomic E-state index is -4.92. The summed E-state index contributed by atoms with van der Waals surface area (Å²) < 4.78 is 109. The maximum absolute atomic E-state index is 13.2. The van der Waals surface area contributed by atoms with Gasteiger partial charge in [0.05, 0.1) is 10.5 Å². The Morgan fingerprint density at radius 3 is 2.09 bits per heavy atom. The van der Waals surface area contributed by atoms with Crippen molar-refractivity contribution in [3.05, 3.63) is 59.7 Å². The number of hydrogen-bond donors (Lipinski definition) is 1. The van der Waals surface area contributed by atoms with E-state index in [1.54, 1.807) is 0 Å². The fourth-order valence-corrected chi connectivity index (χ4v) is 5.16. The predicted molar refractivity (Wildman–Crippen MR) is 104 cm³/mol. The van der Waals surface area contributed by atoms with Crippen molar-refractivity contribution in [3.8, 4) is 5.75 Å². The van der Waals surface area contributed by atoms with Gasteiger partial charge in [0.2, 0.25) is 10.0 Å². The minimum absolute atomic E-state index is 0.187. The molecule has 4 nitrogen and oxygen atoms in total. The van der Waals surface area contributed by atoms with E-state index < -0.39 is 39.9 Å². The van der Waals surface area contributed by atoms with Crippen LogP contribution in [0.25, 0.3) is 0 Å². The van der Waals surface area contributed by atoms with Crippen LogP contribution in [0.5, 0.6) is 5.75 Å². The molecular weight excluding hydrogens is 460 g/mol. The Morgan fingerprint density at radius 1 is 0.906 bits per heavy atom. The molecule has 0 spiro atoms. The van der Waals surface area contributed by atoms with E-state index in [-0.39, 0.29) is 16.4 Å². The average Bonchev–Trinajstić information content (AvgIpc) is 2.71. The third-order valence-corrected chi connectivity index (χ3v) is 6.80. The van der Waals surface area contributed by atoms with Crippen LogP contribution in [0, 0.1) is 5.92 Å². The molecule has 1 saturated carbocycles. The largest absolute Gasteiger partial charge is 0.573 e. The summed E-state index contributed by atoms with van der Waals surface area (Å²) in [4.78, 5) is -0.320. The van der Waals surface area contributed by atoms with E-state index in [0.29, 0.717) is 12.8 Å². The Balaban J connectivity index is 1.91. The van der Waals surface area contributed by atoms with Crippen LogP contribution in [0.3, 0.4) is 0 Å². The molecule has 0 amide bonds. The first-order valence-corrected chi connectivity index (χ1v) is 11.4. The molecule has 2 aromatic rings. The van der Waals surface area contributed by atoms with Gasteiger partial charge in [-0.3, -0.25) is 0 Å². The Kier molecular flexibility index (Phi) is 7.09. The summed E-state index contributed by atoms with van der Waals surface area (Å²) in [5.41, 5.74) is -0.698. The first-order valence-electron chi connectivity index (χ1n) is 9.90. The SMILES string of the molecule is O=S(=O)(NC(c1cccc(C(F)(F)F)c1)C1CCCCC1)c1ccc(OC(F)(F)F)cc1. The number of hydrogen-bond acceptors (Lipinski definition) is 3. The van der Waals surface area contributed by atoms with E-state index >= 15 is 0 Å². The van der Waals surface area contributed by atoms with Gasteiger partial charge < -0.3 is 4.74 Å². The van der Waals surface area contributed by atoms with E-state index in [0.717, 1.165) is 55.7 Å². The van der Waals surface area contributed by atoms with Crippen LogP contribution in [0.4, 0.5) is 26.3 Å². The molecule has 0 saturated heterocycles. The average molecular weight is 481 g/mol. The maximum atomic E-state index is 13.2. The Bertz CT molecular complexity index is 1010. The first kappa shape index (κ1) is 24.4. The van der Waals surface area contributed by atoms with Crippen LogP contribution in [0.2, 0.25) is 0 Å². The van der Waals surface area contributed by atoms with Crippen molar-refractivity contribution in [2.24, 2.45) is 5.92 Å². The monoisotopic (exact) mass is 481 g/mol. The van der Waals surface area contributed by atoms with Crippen LogP contribution >= 0.6 is 0 Å². The lowest BCUT2D eigenvalue weighted by atomic mass is 9.81. The number of sulfonamides is 1. The first-order chi connectivity index (χ1) is 14.9. The second kappa shape index (κ2) is 9.30. The molecule has 1 atom stereocenters. The lowest BCUT2D eigenvalue weighted by molar-refractivity contribution is -0.274. The number of ether oxygens (including phenoxy) is 1. The van der Waals surface area contributed by atoms with Crippen LogP contribution in [0.15, 0.2) is 53.4 Å². The fourth-order valence-electron chi connectivity index (χ4n) is 3.87. The Hall–Kier alpha value is -2.27. The molecule has 3 rings (SSSR count). The predicted octanol–water partition coefficient (Wildman–Crippen LogP) is 6.20. The molecule has 1 aliphatic rings. The number of halogens is 6. The van der Waals surface area contributed by atoms with Crippen molar-refractivity contribution in [2.75, 3.05) is 0 Å². The molecule has 2 aromatic carbocycles. The molecule has 1 aliphatic carbocycles. The smallest absolute Gasteiger partial charge is 0.406 e. The highest BCUT2D eigenvalue weighted by Crippen LogP contribution is 2.38. The zero-order chi connectivity index (χ0) is 23.6. The zero-order valence-corrected chi connectivity index (χ0v) is 17.5. The van der Waals surface area contributed by atoms with E-state index in [1.807, 2.05) is 0 Å². The van der Waals surface area contributed by atoms with Gasteiger partial charge in [-0.25, -0.2) is 13.1 Å². The molecule has 0 aromatic heterocycles. The van der Waals surface area contributed by atoms with Crippen molar-refractivity contribution in [3.63, 3.8) is 0 Å². The fraction of sp³-hybridized carbons (Fsp3) is 0.429. The van der Waals surface area contributed by atoms with Gasteiger partial charge in [0.25, 0.3) is 0 Å². The van der Waals surface area contributed by atoms with E-state index in [2.05, 4.69) is 9.46 Å². The van der Waals surface area contributed by atoms with Gasteiger partial charge in [-0.05, 0) is 60.7 Å². The van der Waals surface area contributed by atoms with E-state index in [1.165, 1.54) is 12.1 Å². The van der Waals surface area contributed by atoms with Gasteiger partial charge in [-0.1, -0.05) is 31.4 Å². The molecule has 11 heteroatoms. The van der Waals surface area contributed by atoms with Crippen molar-refractivity contribution in [1.82, 2.24) is 4.72 Å². The van der Waals surface area contributed by atoms with Gasteiger partial charge >= 0.3 is 12.5 Å². The summed E-state index contributed by atoms with van der Waals surface area (Å²) in [5.74, 6) is -0.798. The lowest BCUT2D eigenvalue weighted by Crippen LogP contribution is -2.34. The molecule has 1 fully saturated rings. The summed E-state index contributed by atoms with van der Waals surface area (Å²) in [5, 5.41) is 0. The summed E-state index contributed by atoms with van der Waals surface area (Å²) in [6.07, 6.45) is -5.62. The minimum Gasteiger partial charge on any atom is -0.406 e. The topological polar surface area (TPSA) is 55.4 Å². The number of alkyl halides is 6. The maximum Gasteiger partial charge on any atom is 0.573 e. The molecular formula is C21H21F6NO3S. The van der Waals surface area contributed by atoms with Crippen LogP contribution in [-0.4, -0.2) is 14.8 Å². The van der Waals surface area contributed by atoms with Crippen LogP contribution in [-0.2, 0) is 16.2 Å².